The van der Waals surface area contributed by atoms with Crippen LogP contribution in [0.1, 0.15) is 51.0 Å². The third-order valence-electron chi connectivity index (χ3n) is 4.86. The molecule has 192 valence electrons. The van der Waals surface area contributed by atoms with Crippen LogP contribution in [0.4, 0.5) is 8.78 Å². The highest BCUT2D eigenvalue weighted by Gasteiger charge is 2.31. The van der Waals surface area contributed by atoms with Gasteiger partial charge in [0.25, 0.3) is 5.91 Å². The Morgan fingerprint density at radius 2 is 1.83 bits per heavy atom. The zero-order valence-electron chi connectivity index (χ0n) is 20.3. The fourth-order valence-electron chi connectivity index (χ4n) is 3.32. The van der Waals surface area contributed by atoms with Gasteiger partial charge in [-0.15, -0.1) is 0 Å². The summed E-state index contributed by atoms with van der Waals surface area (Å²) in [5.74, 6) is -4.42. The highest BCUT2D eigenvalue weighted by atomic mass is 19.1. The highest BCUT2D eigenvalue weighted by Crippen LogP contribution is 2.20. The SMILES string of the molecule is CC(C)(C)C.O=C(CNC(=O)c1cc2cc(F)cc(F)c2[nH]1)N[C@@H](C[C@@H]1CCNC1=O)C(=O)CO. The third-order valence-corrected chi connectivity index (χ3v) is 4.86. The minimum atomic E-state index is -1.07. The number of aliphatic hydroxyl groups is 1. The number of carbonyl (C=O) groups excluding carboxylic acids is 4. The number of benzene rings is 1. The van der Waals surface area contributed by atoms with Crippen molar-refractivity contribution >= 4 is 34.4 Å². The fraction of sp³-hybridized carbons (Fsp3) is 0.500. The predicted octanol–water partition coefficient (Wildman–Crippen LogP) is 1.80. The highest BCUT2D eigenvalue weighted by molar-refractivity contribution is 6.00. The zero-order valence-corrected chi connectivity index (χ0v) is 20.3. The van der Waals surface area contributed by atoms with Crippen LogP contribution in [-0.2, 0) is 14.4 Å². The van der Waals surface area contributed by atoms with Crippen molar-refractivity contribution in [3.8, 4) is 0 Å². The summed E-state index contributed by atoms with van der Waals surface area (Å²) in [6.45, 7) is 7.92. The average Bonchev–Trinajstić information content (AvgIpc) is 3.36. The lowest BCUT2D eigenvalue weighted by Gasteiger charge is -2.19. The second-order valence-corrected chi connectivity index (χ2v) is 9.97. The van der Waals surface area contributed by atoms with E-state index in [0.29, 0.717) is 24.4 Å². The molecule has 0 spiro atoms. The number of carbonyl (C=O) groups is 4. The van der Waals surface area contributed by atoms with Crippen molar-refractivity contribution in [1.82, 2.24) is 20.9 Å². The molecular formula is C24H32F2N4O5. The summed E-state index contributed by atoms with van der Waals surface area (Å²) in [5, 5.41) is 16.6. The summed E-state index contributed by atoms with van der Waals surface area (Å²) in [7, 11) is 0. The van der Waals surface area contributed by atoms with Crippen molar-refractivity contribution in [3.63, 3.8) is 0 Å². The quantitative estimate of drug-likeness (QED) is 0.381. The van der Waals surface area contributed by atoms with E-state index in [1.54, 1.807) is 0 Å². The van der Waals surface area contributed by atoms with Crippen molar-refractivity contribution in [2.45, 2.75) is 46.6 Å². The fourth-order valence-corrected chi connectivity index (χ4v) is 3.32. The Kier molecular flexibility index (Phi) is 9.47. The van der Waals surface area contributed by atoms with E-state index in [0.717, 1.165) is 6.07 Å². The molecule has 2 aromatic rings. The van der Waals surface area contributed by atoms with Crippen LogP contribution in [0, 0.1) is 23.0 Å². The Labute approximate surface area is 202 Å². The molecule has 2 atom stereocenters. The Bertz CT molecular complexity index is 1090. The Balaban J connectivity index is 0.000000784. The number of nitrogens with one attached hydrogen (secondary N) is 4. The summed E-state index contributed by atoms with van der Waals surface area (Å²) >= 11 is 0. The molecule has 11 heteroatoms. The van der Waals surface area contributed by atoms with Crippen LogP contribution in [0.25, 0.3) is 10.9 Å². The standard InChI is InChI=1S/C19H20F2N4O5.C5H12/c20-11-3-10-5-14(25-17(10)12(21)6-11)19(30)23-7-16(28)24-13(15(27)8-26)4-9-1-2-22-18(9)29;1-5(2,3)4/h3,5-6,9,13,25-26H,1-2,4,7-8H2,(H,22,29)(H,23,30)(H,24,28);1-4H3/t9-,13-;/m0./s1. The largest absolute Gasteiger partial charge is 0.389 e. The van der Waals surface area contributed by atoms with Gasteiger partial charge in [-0.05, 0) is 30.4 Å². The van der Waals surface area contributed by atoms with Crippen LogP contribution in [0.15, 0.2) is 18.2 Å². The lowest BCUT2D eigenvalue weighted by Crippen LogP contribution is -2.47. The van der Waals surface area contributed by atoms with Gasteiger partial charge in [0.2, 0.25) is 11.8 Å². The number of halogens is 2. The van der Waals surface area contributed by atoms with Gasteiger partial charge in [-0.2, -0.15) is 0 Å². The van der Waals surface area contributed by atoms with Gasteiger partial charge in [0.1, 0.15) is 23.9 Å². The maximum Gasteiger partial charge on any atom is 0.268 e. The van der Waals surface area contributed by atoms with E-state index < -0.39 is 54.3 Å². The molecule has 1 saturated heterocycles. The molecule has 1 aliphatic rings. The molecule has 0 aliphatic carbocycles. The lowest BCUT2D eigenvalue weighted by molar-refractivity contribution is -0.130. The van der Waals surface area contributed by atoms with Crippen molar-refractivity contribution in [2.75, 3.05) is 19.7 Å². The Morgan fingerprint density at radius 1 is 1.17 bits per heavy atom. The number of rotatable bonds is 8. The third kappa shape index (κ3) is 8.75. The van der Waals surface area contributed by atoms with Gasteiger partial charge in [-0.3, -0.25) is 19.2 Å². The number of H-pyrrole nitrogens is 1. The van der Waals surface area contributed by atoms with E-state index in [4.69, 9.17) is 5.11 Å². The zero-order chi connectivity index (χ0) is 26.3. The van der Waals surface area contributed by atoms with E-state index in [2.05, 4.69) is 48.6 Å². The summed E-state index contributed by atoms with van der Waals surface area (Å²) in [5.41, 5.74) is 0.377. The molecule has 5 N–H and O–H groups in total. The van der Waals surface area contributed by atoms with Crippen LogP contribution < -0.4 is 16.0 Å². The molecular weight excluding hydrogens is 462 g/mol. The summed E-state index contributed by atoms with van der Waals surface area (Å²) < 4.78 is 27.0. The number of aromatic nitrogens is 1. The molecule has 1 aromatic heterocycles. The first-order valence-electron chi connectivity index (χ1n) is 11.2. The van der Waals surface area contributed by atoms with Gasteiger partial charge in [-0.1, -0.05) is 27.7 Å². The number of aliphatic hydroxyl groups excluding tert-OH is 1. The monoisotopic (exact) mass is 494 g/mol. The van der Waals surface area contributed by atoms with E-state index >= 15 is 0 Å². The maximum absolute atomic E-state index is 13.7. The normalized spacial score (nSPS) is 16.2. The number of fused-ring (bicyclic) bond motifs is 1. The van der Waals surface area contributed by atoms with Gasteiger partial charge in [0, 0.05) is 23.9 Å². The number of ketones is 1. The topological polar surface area (TPSA) is 140 Å². The maximum atomic E-state index is 13.7. The van der Waals surface area contributed by atoms with E-state index in [9.17, 15) is 28.0 Å². The van der Waals surface area contributed by atoms with Crippen LogP contribution in [-0.4, -0.2) is 59.3 Å². The van der Waals surface area contributed by atoms with Crippen LogP contribution in [0.2, 0.25) is 0 Å². The van der Waals surface area contributed by atoms with Crippen molar-refractivity contribution in [1.29, 1.82) is 0 Å². The first-order valence-corrected chi connectivity index (χ1v) is 11.2. The van der Waals surface area contributed by atoms with E-state index in [1.165, 1.54) is 6.07 Å². The number of Topliss-reactive ketones (excluding diaryl/α,β-unsaturated/α-hetero) is 1. The van der Waals surface area contributed by atoms with E-state index in [1.807, 2.05) is 0 Å². The van der Waals surface area contributed by atoms with Crippen LogP contribution in [0.3, 0.4) is 0 Å². The minimum Gasteiger partial charge on any atom is -0.389 e. The second-order valence-electron chi connectivity index (χ2n) is 9.97. The summed E-state index contributed by atoms with van der Waals surface area (Å²) in [6, 6.07) is 1.91. The molecule has 1 aromatic carbocycles. The van der Waals surface area contributed by atoms with Crippen LogP contribution >= 0.6 is 0 Å². The molecule has 2 heterocycles. The Morgan fingerprint density at radius 3 is 2.40 bits per heavy atom. The van der Waals surface area contributed by atoms with Crippen molar-refractivity contribution in [2.24, 2.45) is 11.3 Å². The number of hydrogen-bond acceptors (Lipinski definition) is 5. The summed E-state index contributed by atoms with van der Waals surface area (Å²) in [4.78, 5) is 50.5. The molecule has 0 saturated carbocycles. The predicted molar refractivity (Wildman–Crippen MR) is 125 cm³/mol. The van der Waals surface area contributed by atoms with Gasteiger partial charge in [-0.25, -0.2) is 8.78 Å². The molecule has 1 aliphatic heterocycles. The lowest BCUT2D eigenvalue weighted by atomic mass is 9.96. The van der Waals surface area contributed by atoms with Crippen molar-refractivity contribution in [3.05, 3.63) is 35.5 Å². The van der Waals surface area contributed by atoms with Crippen LogP contribution in [0.5, 0.6) is 0 Å². The Hall–Kier alpha value is -3.34. The molecule has 9 nitrogen and oxygen atoms in total. The number of amides is 3. The second kappa shape index (κ2) is 11.9. The van der Waals surface area contributed by atoms with Crippen molar-refractivity contribution < 1.29 is 33.1 Å². The molecule has 35 heavy (non-hydrogen) atoms. The minimum absolute atomic E-state index is 0.0395. The molecule has 1 fully saturated rings. The number of hydrogen-bond donors (Lipinski definition) is 5. The molecule has 0 unspecified atom stereocenters. The van der Waals surface area contributed by atoms with Gasteiger partial charge in [0.15, 0.2) is 5.78 Å². The first kappa shape index (κ1) is 27.9. The molecule has 3 amide bonds. The van der Waals surface area contributed by atoms with E-state index in [-0.39, 0.29) is 28.9 Å². The van der Waals surface area contributed by atoms with Gasteiger partial charge >= 0.3 is 0 Å². The van der Waals surface area contributed by atoms with Gasteiger partial charge in [0.05, 0.1) is 18.1 Å². The smallest absolute Gasteiger partial charge is 0.268 e. The molecule has 0 bridgehead atoms. The molecule has 3 rings (SSSR count). The average molecular weight is 495 g/mol. The summed E-state index contributed by atoms with van der Waals surface area (Å²) in [6.07, 6.45) is 0.552. The first-order chi connectivity index (χ1) is 16.3. The number of aromatic amines is 1. The van der Waals surface area contributed by atoms with Gasteiger partial charge < -0.3 is 26.0 Å². The molecule has 0 radical (unpaired) electrons.